The van der Waals surface area contributed by atoms with E-state index in [0.717, 1.165) is 5.56 Å². The lowest BCUT2D eigenvalue weighted by atomic mass is 10.0. The SMILES string of the molecule is Cc1cccc(-c2cccc([Si](C)(C)C)c2OS(=O)(=O)C(F)(F)F)c1. The molecule has 3 nitrogen and oxygen atoms in total. The van der Waals surface area contributed by atoms with Crippen LogP contribution in [0.2, 0.25) is 19.6 Å². The van der Waals surface area contributed by atoms with E-state index in [-0.39, 0.29) is 5.75 Å². The fraction of sp³-hybridized carbons (Fsp3) is 0.294. The van der Waals surface area contributed by atoms with Crippen LogP contribution in [0.3, 0.4) is 0 Å². The van der Waals surface area contributed by atoms with Crippen molar-refractivity contribution >= 4 is 23.4 Å². The molecule has 136 valence electrons. The number of rotatable bonds is 4. The van der Waals surface area contributed by atoms with Gasteiger partial charge in [-0.15, -0.1) is 0 Å². The van der Waals surface area contributed by atoms with E-state index < -0.39 is 23.7 Å². The molecule has 0 heterocycles. The average molecular weight is 388 g/mol. The number of benzene rings is 2. The maximum atomic E-state index is 12.8. The highest BCUT2D eigenvalue weighted by molar-refractivity contribution is 7.88. The van der Waals surface area contributed by atoms with E-state index in [1.54, 1.807) is 36.4 Å². The van der Waals surface area contributed by atoms with E-state index in [1.165, 1.54) is 0 Å². The minimum atomic E-state index is -5.75. The van der Waals surface area contributed by atoms with Gasteiger partial charge in [-0.2, -0.15) is 21.6 Å². The second-order valence-corrected chi connectivity index (χ2v) is 13.4. The first kappa shape index (κ1) is 19.5. The first-order valence-corrected chi connectivity index (χ1v) is 12.4. The summed E-state index contributed by atoms with van der Waals surface area (Å²) in [6.07, 6.45) is 0. The first-order valence-electron chi connectivity index (χ1n) is 7.54. The van der Waals surface area contributed by atoms with E-state index in [2.05, 4.69) is 4.18 Å². The Kier molecular flexibility index (Phi) is 5.07. The lowest BCUT2D eigenvalue weighted by molar-refractivity contribution is -0.0499. The van der Waals surface area contributed by atoms with Gasteiger partial charge in [0.15, 0.2) is 0 Å². The Hall–Kier alpha value is -1.80. The van der Waals surface area contributed by atoms with Crippen molar-refractivity contribution in [1.29, 1.82) is 0 Å². The predicted octanol–water partition coefficient (Wildman–Crippen LogP) is 4.44. The molecule has 2 rings (SSSR count). The van der Waals surface area contributed by atoms with Crippen LogP contribution in [0.4, 0.5) is 13.2 Å². The molecule has 2 aromatic carbocycles. The molecular weight excluding hydrogens is 369 g/mol. The summed E-state index contributed by atoms with van der Waals surface area (Å²) < 4.78 is 66.4. The van der Waals surface area contributed by atoms with Crippen molar-refractivity contribution < 1.29 is 25.8 Å². The fourth-order valence-electron chi connectivity index (χ4n) is 2.41. The number of para-hydroxylation sites is 1. The van der Waals surface area contributed by atoms with Gasteiger partial charge in [0.25, 0.3) is 0 Å². The molecule has 0 aliphatic rings. The van der Waals surface area contributed by atoms with Gasteiger partial charge in [-0.25, -0.2) is 0 Å². The van der Waals surface area contributed by atoms with Gasteiger partial charge >= 0.3 is 15.6 Å². The number of hydrogen-bond acceptors (Lipinski definition) is 3. The molecule has 0 spiro atoms. The highest BCUT2D eigenvalue weighted by atomic mass is 32.2. The van der Waals surface area contributed by atoms with Crippen molar-refractivity contribution in [3.05, 3.63) is 48.0 Å². The maximum Gasteiger partial charge on any atom is 0.534 e. The summed E-state index contributed by atoms with van der Waals surface area (Å²) in [6.45, 7) is 7.58. The Bertz CT molecular complexity index is 885. The topological polar surface area (TPSA) is 43.4 Å². The van der Waals surface area contributed by atoms with E-state index >= 15 is 0 Å². The zero-order valence-electron chi connectivity index (χ0n) is 14.3. The van der Waals surface area contributed by atoms with Crippen molar-refractivity contribution in [2.24, 2.45) is 0 Å². The Morgan fingerprint density at radius 1 is 1.00 bits per heavy atom. The molecule has 0 radical (unpaired) electrons. The van der Waals surface area contributed by atoms with Crippen LogP contribution in [-0.2, 0) is 10.1 Å². The Balaban J connectivity index is 2.74. The number of halogens is 3. The highest BCUT2D eigenvalue weighted by Crippen LogP contribution is 2.34. The highest BCUT2D eigenvalue weighted by Gasteiger charge is 2.49. The molecule has 0 bridgehead atoms. The summed E-state index contributed by atoms with van der Waals surface area (Å²) in [5.74, 6) is -0.232. The summed E-state index contributed by atoms with van der Waals surface area (Å²) in [6, 6.07) is 12.0. The molecule has 0 aliphatic carbocycles. The van der Waals surface area contributed by atoms with Crippen LogP contribution in [0.15, 0.2) is 42.5 Å². The molecule has 0 unspecified atom stereocenters. The van der Waals surface area contributed by atoms with E-state index in [0.29, 0.717) is 16.3 Å². The summed E-state index contributed by atoms with van der Waals surface area (Å²) in [7, 11) is -7.92. The van der Waals surface area contributed by atoms with Gasteiger partial charge in [0, 0.05) is 5.56 Å². The molecule has 0 N–H and O–H groups in total. The minimum absolute atomic E-state index is 0.232. The van der Waals surface area contributed by atoms with Crippen LogP contribution < -0.4 is 9.37 Å². The Morgan fingerprint density at radius 2 is 1.60 bits per heavy atom. The van der Waals surface area contributed by atoms with E-state index in [9.17, 15) is 21.6 Å². The third-order valence-corrected chi connectivity index (χ3v) is 6.59. The van der Waals surface area contributed by atoms with Gasteiger partial charge in [0.05, 0.1) is 8.07 Å². The van der Waals surface area contributed by atoms with Crippen LogP contribution in [0, 0.1) is 6.92 Å². The van der Waals surface area contributed by atoms with Crippen LogP contribution in [0.1, 0.15) is 5.56 Å². The van der Waals surface area contributed by atoms with Crippen molar-refractivity contribution in [2.45, 2.75) is 32.1 Å². The second-order valence-electron chi connectivity index (χ2n) is 6.78. The van der Waals surface area contributed by atoms with Crippen LogP contribution in [-0.4, -0.2) is 22.0 Å². The maximum absolute atomic E-state index is 12.8. The average Bonchev–Trinajstić information content (AvgIpc) is 2.44. The van der Waals surface area contributed by atoms with Crippen molar-refractivity contribution in [1.82, 2.24) is 0 Å². The zero-order valence-corrected chi connectivity index (χ0v) is 16.1. The standard InChI is InChI=1S/C17H19F3O3SSi/c1-12-7-5-8-13(11-12)14-9-6-10-15(25(2,3)4)16(14)23-24(21,22)17(18,19)20/h5-11H,1-4H3. The Labute approximate surface area is 146 Å². The number of aryl methyl sites for hydroxylation is 1. The quantitative estimate of drug-likeness (QED) is 0.442. The summed E-state index contributed by atoms with van der Waals surface area (Å²) >= 11 is 0. The molecule has 2 aromatic rings. The molecular formula is C17H19F3O3SSi. The monoisotopic (exact) mass is 388 g/mol. The Morgan fingerprint density at radius 3 is 2.12 bits per heavy atom. The number of hydrogen-bond donors (Lipinski definition) is 0. The van der Waals surface area contributed by atoms with Gasteiger partial charge in [-0.05, 0) is 17.7 Å². The first-order chi connectivity index (χ1) is 11.3. The van der Waals surface area contributed by atoms with Gasteiger partial charge in [0.2, 0.25) is 0 Å². The largest absolute Gasteiger partial charge is 0.534 e. The minimum Gasteiger partial charge on any atom is -0.375 e. The van der Waals surface area contributed by atoms with Gasteiger partial charge in [0.1, 0.15) is 5.75 Å². The van der Waals surface area contributed by atoms with Crippen LogP contribution >= 0.6 is 0 Å². The zero-order chi connectivity index (χ0) is 19.0. The van der Waals surface area contributed by atoms with E-state index in [4.69, 9.17) is 0 Å². The number of alkyl halides is 3. The van der Waals surface area contributed by atoms with Gasteiger partial charge < -0.3 is 4.18 Å². The lowest BCUT2D eigenvalue weighted by Gasteiger charge is -2.23. The molecule has 0 fully saturated rings. The summed E-state index contributed by atoms with van der Waals surface area (Å²) in [5.41, 5.74) is -3.65. The molecule has 8 heteroatoms. The molecule has 0 aromatic heterocycles. The van der Waals surface area contributed by atoms with Crippen molar-refractivity contribution in [3.8, 4) is 16.9 Å². The summed E-state index contributed by atoms with van der Waals surface area (Å²) in [5, 5.41) is 0.513. The second kappa shape index (κ2) is 6.49. The normalized spacial score (nSPS) is 12.9. The third kappa shape index (κ3) is 4.24. The van der Waals surface area contributed by atoms with Gasteiger partial charge in [-0.3, -0.25) is 0 Å². The van der Waals surface area contributed by atoms with E-state index in [1.807, 2.05) is 32.6 Å². The third-order valence-electron chi connectivity index (χ3n) is 3.63. The summed E-state index contributed by atoms with van der Waals surface area (Å²) in [4.78, 5) is 0. The van der Waals surface area contributed by atoms with Crippen LogP contribution in [0.5, 0.6) is 5.75 Å². The molecule has 0 saturated carbocycles. The van der Waals surface area contributed by atoms with Crippen LogP contribution in [0.25, 0.3) is 11.1 Å². The fourth-order valence-corrected chi connectivity index (χ4v) is 4.44. The smallest absolute Gasteiger partial charge is 0.375 e. The molecule has 0 amide bonds. The van der Waals surface area contributed by atoms with Crippen molar-refractivity contribution in [3.63, 3.8) is 0 Å². The predicted molar refractivity (Wildman–Crippen MR) is 95.2 cm³/mol. The lowest BCUT2D eigenvalue weighted by Crippen LogP contribution is -2.40. The molecule has 25 heavy (non-hydrogen) atoms. The van der Waals surface area contributed by atoms with Crippen molar-refractivity contribution in [2.75, 3.05) is 0 Å². The molecule has 0 saturated heterocycles. The molecule has 0 aliphatic heterocycles. The van der Waals surface area contributed by atoms with Gasteiger partial charge in [-0.1, -0.05) is 67.7 Å². The molecule has 0 atom stereocenters.